The van der Waals surface area contributed by atoms with E-state index in [4.69, 9.17) is 0 Å². The summed E-state index contributed by atoms with van der Waals surface area (Å²) >= 11 is 1.17. The fourth-order valence-corrected chi connectivity index (χ4v) is 2.23. The molecule has 1 aromatic heterocycles. The Morgan fingerprint density at radius 1 is 1.50 bits per heavy atom. The first kappa shape index (κ1) is 9.15. The number of rotatable bonds is 2. The third-order valence-electron chi connectivity index (χ3n) is 1.98. The number of carbonyl (C=O) groups excluding carboxylic acids is 1. The number of benzene rings is 1. The molecule has 4 heteroatoms. The van der Waals surface area contributed by atoms with Gasteiger partial charge in [-0.25, -0.2) is 0 Å². The number of H-pyrrole nitrogens is 1. The second-order valence-electron chi connectivity index (χ2n) is 3.18. The highest BCUT2D eigenvalue weighted by molar-refractivity contribution is 7.16. The Labute approximate surface area is 84.4 Å². The van der Waals surface area contributed by atoms with Crippen LogP contribution in [0.3, 0.4) is 0 Å². The summed E-state index contributed by atoms with van der Waals surface area (Å²) in [7, 11) is 0. The zero-order valence-corrected chi connectivity index (χ0v) is 8.48. The predicted octanol–water partition coefficient (Wildman–Crippen LogP) is 1.72. The van der Waals surface area contributed by atoms with Gasteiger partial charge >= 0.3 is 4.87 Å². The first-order valence-electron chi connectivity index (χ1n) is 4.27. The van der Waals surface area contributed by atoms with E-state index in [2.05, 4.69) is 4.98 Å². The van der Waals surface area contributed by atoms with Gasteiger partial charge in [0.15, 0.2) is 0 Å². The van der Waals surface area contributed by atoms with Crippen molar-refractivity contribution in [1.29, 1.82) is 0 Å². The Hall–Kier alpha value is -1.42. The van der Waals surface area contributed by atoms with E-state index in [0.29, 0.717) is 6.42 Å². The van der Waals surface area contributed by atoms with Crippen LogP contribution in [-0.4, -0.2) is 10.8 Å². The lowest BCUT2D eigenvalue weighted by Crippen LogP contribution is -1.98. The van der Waals surface area contributed by atoms with Crippen molar-refractivity contribution in [2.24, 2.45) is 0 Å². The van der Waals surface area contributed by atoms with Crippen molar-refractivity contribution in [3.05, 3.63) is 33.4 Å². The van der Waals surface area contributed by atoms with E-state index in [1.165, 1.54) is 11.3 Å². The summed E-state index contributed by atoms with van der Waals surface area (Å²) in [5.74, 6) is 0.101. The van der Waals surface area contributed by atoms with E-state index < -0.39 is 0 Å². The van der Waals surface area contributed by atoms with Gasteiger partial charge in [-0.05, 0) is 18.6 Å². The van der Waals surface area contributed by atoms with Gasteiger partial charge < -0.3 is 4.98 Å². The molecular formula is C10H9NO2S. The number of Topliss-reactive ketones (excluding diaryl/α,β-unsaturated/α-hetero) is 1. The number of ketones is 1. The first-order chi connectivity index (χ1) is 6.66. The molecule has 0 aliphatic rings. The number of aromatic amines is 1. The molecule has 0 radical (unpaired) electrons. The van der Waals surface area contributed by atoms with Crippen LogP contribution in [0.2, 0.25) is 0 Å². The molecule has 0 saturated heterocycles. The SMILES string of the molecule is CC(=O)Cc1cccc2sc(=O)[nH]c12. The average Bonchev–Trinajstić information content (AvgIpc) is 2.45. The molecule has 1 aromatic carbocycles. The topological polar surface area (TPSA) is 49.9 Å². The highest BCUT2D eigenvalue weighted by Gasteiger charge is 2.05. The number of thiazole rings is 1. The molecule has 2 rings (SSSR count). The summed E-state index contributed by atoms with van der Waals surface area (Å²) < 4.78 is 0.911. The van der Waals surface area contributed by atoms with Crippen LogP contribution in [-0.2, 0) is 11.2 Å². The van der Waals surface area contributed by atoms with Crippen molar-refractivity contribution >= 4 is 27.3 Å². The molecule has 0 aliphatic carbocycles. The van der Waals surface area contributed by atoms with Gasteiger partial charge in [0, 0.05) is 6.42 Å². The van der Waals surface area contributed by atoms with E-state index >= 15 is 0 Å². The molecular weight excluding hydrogens is 198 g/mol. The standard InChI is InChI=1S/C10H9NO2S/c1-6(12)5-7-3-2-4-8-9(7)11-10(13)14-8/h2-4H,5H2,1H3,(H,11,13). The van der Waals surface area contributed by atoms with Crippen LogP contribution in [0.15, 0.2) is 23.0 Å². The highest BCUT2D eigenvalue weighted by Crippen LogP contribution is 2.18. The van der Waals surface area contributed by atoms with Gasteiger partial charge in [0.05, 0.1) is 10.2 Å². The summed E-state index contributed by atoms with van der Waals surface area (Å²) in [5, 5.41) is 0. The lowest BCUT2D eigenvalue weighted by molar-refractivity contribution is -0.116. The van der Waals surface area contributed by atoms with E-state index in [1.807, 2.05) is 18.2 Å². The molecule has 72 valence electrons. The second kappa shape index (κ2) is 3.38. The van der Waals surface area contributed by atoms with Crippen LogP contribution in [0.5, 0.6) is 0 Å². The Morgan fingerprint density at radius 2 is 2.29 bits per heavy atom. The van der Waals surface area contributed by atoms with E-state index in [9.17, 15) is 9.59 Å². The summed E-state index contributed by atoms with van der Waals surface area (Å²) in [6, 6.07) is 5.61. The van der Waals surface area contributed by atoms with Crippen molar-refractivity contribution in [1.82, 2.24) is 4.98 Å². The maximum Gasteiger partial charge on any atom is 0.305 e. The third-order valence-corrected chi connectivity index (χ3v) is 2.83. The maximum absolute atomic E-state index is 11.1. The van der Waals surface area contributed by atoms with Gasteiger partial charge in [0.25, 0.3) is 0 Å². The zero-order valence-electron chi connectivity index (χ0n) is 7.66. The minimum absolute atomic E-state index is 0.0731. The number of para-hydroxylation sites is 1. The van der Waals surface area contributed by atoms with Gasteiger partial charge in [0.2, 0.25) is 0 Å². The minimum Gasteiger partial charge on any atom is -0.312 e. The van der Waals surface area contributed by atoms with Crippen molar-refractivity contribution in [3.8, 4) is 0 Å². The number of fused-ring (bicyclic) bond motifs is 1. The molecule has 0 atom stereocenters. The largest absolute Gasteiger partial charge is 0.312 e. The molecule has 0 spiro atoms. The van der Waals surface area contributed by atoms with Gasteiger partial charge in [-0.15, -0.1) is 0 Å². The molecule has 0 unspecified atom stereocenters. The zero-order chi connectivity index (χ0) is 10.1. The van der Waals surface area contributed by atoms with Crippen molar-refractivity contribution in [2.45, 2.75) is 13.3 Å². The molecule has 0 fully saturated rings. The Morgan fingerprint density at radius 3 is 3.00 bits per heavy atom. The number of hydrogen-bond donors (Lipinski definition) is 1. The number of carbonyl (C=O) groups is 1. The summed E-state index contributed by atoms with van der Waals surface area (Å²) in [6.07, 6.45) is 0.379. The number of nitrogens with one attached hydrogen (secondary N) is 1. The number of hydrogen-bond acceptors (Lipinski definition) is 3. The normalized spacial score (nSPS) is 10.6. The van der Waals surface area contributed by atoms with Crippen LogP contribution in [0, 0.1) is 0 Å². The van der Waals surface area contributed by atoms with Crippen LogP contribution in [0.1, 0.15) is 12.5 Å². The minimum atomic E-state index is -0.0731. The Bertz CT molecular complexity index is 538. The summed E-state index contributed by atoms with van der Waals surface area (Å²) in [5.41, 5.74) is 1.70. The summed E-state index contributed by atoms with van der Waals surface area (Å²) in [6.45, 7) is 1.54. The van der Waals surface area contributed by atoms with Crippen LogP contribution >= 0.6 is 11.3 Å². The first-order valence-corrected chi connectivity index (χ1v) is 5.08. The van der Waals surface area contributed by atoms with Gasteiger partial charge in [-0.1, -0.05) is 23.5 Å². The lowest BCUT2D eigenvalue weighted by atomic mass is 10.1. The van der Waals surface area contributed by atoms with Crippen molar-refractivity contribution in [2.75, 3.05) is 0 Å². The number of aromatic nitrogens is 1. The average molecular weight is 207 g/mol. The smallest absolute Gasteiger partial charge is 0.305 e. The highest BCUT2D eigenvalue weighted by atomic mass is 32.1. The van der Waals surface area contributed by atoms with Crippen LogP contribution in [0.4, 0.5) is 0 Å². The molecule has 3 nitrogen and oxygen atoms in total. The summed E-state index contributed by atoms with van der Waals surface area (Å²) in [4.78, 5) is 24.7. The fourth-order valence-electron chi connectivity index (χ4n) is 1.45. The van der Waals surface area contributed by atoms with Gasteiger partial charge in [-0.2, -0.15) is 0 Å². The molecule has 14 heavy (non-hydrogen) atoms. The maximum atomic E-state index is 11.1. The Kier molecular flexibility index (Phi) is 2.21. The molecule has 0 amide bonds. The van der Waals surface area contributed by atoms with Crippen LogP contribution in [0.25, 0.3) is 10.2 Å². The van der Waals surface area contributed by atoms with E-state index in [1.54, 1.807) is 6.92 Å². The van der Waals surface area contributed by atoms with E-state index in [-0.39, 0.29) is 10.7 Å². The molecule has 0 bridgehead atoms. The van der Waals surface area contributed by atoms with Gasteiger partial charge in [0.1, 0.15) is 5.78 Å². The quantitative estimate of drug-likeness (QED) is 0.815. The molecule has 1 N–H and O–H groups in total. The Balaban J connectivity index is 2.64. The molecule has 0 saturated carbocycles. The van der Waals surface area contributed by atoms with E-state index in [0.717, 1.165) is 15.8 Å². The molecule has 2 aromatic rings. The van der Waals surface area contributed by atoms with Crippen molar-refractivity contribution < 1.29 is 4.79 Å². The monoisotopic (exact) mass is 207 g/mol. The second-order valence-corrected chi connectivity index (χ2v) is 4.20. The molecule has 0 aliphatic heterocycles. The van der Waals surface area contributed by atoms with Gasteiger partial charge in [-0.3, -0.25) is 9.59 Å². The molecule has 1 heterocycles. The predicted molar refractivity (Wildman–Crippen MR) is 56.8 cm³/mol. The third kappa shape index (κ3) is 1.61. The van der Waals surface area contributed by atoms with Crippen molar-refractivity contribution in [3.63, 3.8) is 0 Å². The van der Waals surface area contributed by atoms with Crippen LogP contribution < -0.4 is 4.87 Å². The lowest BCUT2D eigenvalue weighted by Gasteiger charge is -1.98. The fraction of sp³-hybridized carbons (Fsp3) is 0.200.